The molecule has 38 heavy (non-hydrogen) atoms. The first-order chi connectivity index (χ1) is 18.4. The van der Waals surface area contributed by atoms with Gasteiger partial charge in [0.05, 0.1) is 18.0 Å². The summed E-state index contributed by atoms with van der Waals surface area (Å²) in [6.45, 7) is 5.20. The summed E-state index contributed by atoms with van der Waals surface area (Å²) in [5.74, 6) is 1.48. The van der Waals surface area contributed by atoms with Crippen molar-refractivity contribution >= 4 is 15.8 Å². The van der Waals surface area contributed by atoms with Gasteiger partial charge in [-0.3, -0.25) is 4.98 Å². The summed E-state index contributed by atoms with van der Waals surface area (Å²) < 4.78 is 40.3. The Balaban J connectivity index is 1.28. The zero-order chi connectivity index (χ0) is 26.7. The predicted octanol–water partition coefficient (Wildman–Crippen LogP) is 3.94. The van der Waals surface area contributed by atoms with Crippen molar-refractivity contribution < 1.29 is 17.9 Å². The molecule has 0 aliphatic carbocycles. The van der Waals surface area contributed by atoms with Gasteiger partial charge in [0.25, 0.3) is 0 Å². The van der Waals surface area contributed by atoms with Crippen LogP contribution in [0.4, 0.5) is 5.82 Å². The molecule has 202 valence electrons. The van der Waals surface area contributed by atoms with Crippen molar-refractivity contribution in [1.29, 1.82) is 0 Å². The van der Waals surface area contributed by atoms with Crippen LogP contribution in [-0.2, 0) is 16.4 Å². The second-order valence-electron chi connectivity index (χ2n) is 10.0. The third-order valence-corrected chi connectivity index (χ3v) is 9.68. The fraction of sp³-hybridized carbons (Fsp3) is 0.464. The second kappa shape index (κ2) is 11.2. The Morgan fingerprint density at radius 3 is 2.47 bits per heavy atom. The summed E-state index contributed by atoms with van der Waals surface area (Å²) in [5.41, 5.74) is 2.42. The molecule has 2 atom stereocenters. The predicted molar refractivity (Wildman–Crippen MR) is 145 cm³/mol. The van der Waals surface area contributed by atoms with Crippen LogP contribution in [-0.4, -0.2) is 66.6 Å². The van der Waals surface area contributed by atoms with Gasteiger partial charge in [-0.05, 0) is 81.0 Å². The van der Waals surface area contributed by atoms with Crippen LogP contribution in [0.25, 0.3) is 0 Å². The molecule has 0 amide bonds. The SMILES string of the molecule is COc1cc(C)c(S(=O)(=O)N2CCC[C@@H]2COc2nccc(N3CCCC3Cc3ccccn3)n2)c(C)c1. The Labute approximate surface area is 224 Å². The van der Waals surface area contributed by atoms with Gasteiger partial charge >= 0.3 is 6.01 Å². The first-order valence-electron chi connectivity index (χ1n) is 13.2. The first kappa shape index (κ1) is 26.4. The van der Waals surface area contributed by atoms with Crippen LogP contribution in [0.1, 0.15) is 42.5 Å². The molecule has 4 heterocycles. The van der Waals surface area contributed by atoms with Gasteiger partial charge < -0.3 is 14.4 Å². The molecule has 0 radical (unpaired) electrons. The van der Waals surface area contributed by atoms with Crippen LogP contribution in [0, 0.1) is 13.8 Å². The number of rotatable bonds is 9. The van der Waals surface area contributed by atoms with Gasteiger partial charge in [-0.25, -0.2) is 13.4 Å². The molecule has 2 aliphatic heterocycles. The summed E-state index contributed by atoms with van der Waals surface area (Å²) in [4.78, 5) is 16.1. The number of aromatic nitrogens is 3. The molecular formula is C28H35N5O4S. The van der Waals surface area contributed by atoms with Gasteiger partial charge in [0.1, 0.15) is 18.2 Å². The van der Waals surface area contributed by atoms with Crippen molar-refractivity contribution in [3.05, 3.63) is 65.6 Å². The van der Waals surface area contributed by atoms with Gasteiger partial charge in [-0.1, -0.05) is 6.07 Å². The van der Waals surface area contributed by atoms with E-state index in [0.717, 1.165) is 50.2 Å². The summed E-state index contributed by atoms with van der Waals surface area (Å²) in [6.07, 6.45) is 8.08. The lowest BCUT2D eigenvalue weighted by atomic mass is 10.1. The van der Waals surface area contributed by atoms with E-state index in [1.807, 2.05) is 38.2 Å². The maximum absolute atomic E-state index is 13.7. The molecule has 2 aromatic heterocycles. The van der Waals surface area contributed by atoms with E-state index in [4.69, 9.17) is 14.5 Å². The number of aryl methyl sites for hydroxylation is 2. The Bertz CT molecular complexity index is 1350. The van der Waals surface area contributed by atoms with E-state index in [-0.39, 0.29) is 18.7 Å². The van der Waals surface area contributed by atoms with Crippen LogP contribution in [0.5, 0.6) is 11.8 Å². The molecule has 9 nitrogen and oxygen atoms in total. The highest BCUT2D eigenvalue weighted by Crippen LogP contribution is 2.33. The van der Waals surface area contributed by atoms with Gasteiger partial charge in [0.15, 0.2) is 0 Å². The van der Waals surface area contributed by atoms with Crippen molar-refractivity contribution in [2.45, 2.75) is 62.9 Å². The second-order valence-corrected chi connectivity index (χ2v) is 11.9. The minimum Gasteiger partial charge on any atom is -0.497 e. The zero-order valence-corrected chi connectivity index (χ0v) is 23.0. The molecule has 1 aromatic carbocycles. The zero-order valence-electron chi connectivity index (χ0n) is 22.2. The van der Waals surface area contributed by atoms with Crippen molar-refractivity contribution in [3.63, 3.8) is 0 Å². The minimum atomic E-state index is -3.69. The number of methoxy groups -OCH3 is 1. The van der Waals surface area contributed by atoms with Crippen molar-refractivity contribution in [2.75, 3.05) is 31.7 Å². The van der Waals surface area contributed by atoms with E-state index in [1.165, 1.54) is 0 Å². The van der Waals surface area contributed by atoms with Crippen molar-refractivity contribution in [2.24, 2.45) is 0 Å². The van der Waals surface area contributed by atoms with Crippen molar-refractivity contribution in [3.8, 4) is 11.8 Å². The van der Waals surface area contributed by atoms with E-state index in [1.54, 1.807) is 29.7 Å². The average Bonchev–Trinajstić information content (AvgIpc) is 3.58. The average molecular weight is 538 g/mol. The van der Waals surface area contributed by atoms with Crippen LogP contribution < -0.4 is 14.4 Å². The number of benzene rings is 1. The van der Waals surface area contributed by atoms with Gasteiger partial charge in [0, 0.05) is 43.6 Å². The molecule has 0 saturated carbocycles. The smallest absolute Gasteiger partial charge is 0.318 e. The lowest BCUT2D eigenvalue weighted by Crippen LogP contribution is -2.39. The largest absolute Gasteiger partial charge is 0.497 e. The first-order valence-corrected chi connectivity index (χ1v) is 14.6. The monoisotopic (exact) mass is 537 g/mol. The standard InChI is InChI=1S/C28H35N5O4S/c1-20-16-25(36-3)17-21(2)27(20)38(34,35)33-15-7-10-24(33)19-37-28-30-13-11-26(31-28)32-14-6-9-23(32)18-22-8-4-5-12-29-22/h4-5,8,11-13,16-17,23-24H,6-7,9-10,14-15,18-19H2,1-3H3/t23?,24-/m1/s1. The van der Waals surface area contributed by atoms with E-state index in [9.17, 15) is 8.42 Å². The molecule has 2 aliphatic rings. The summed E-state index contributed by atoms with van der Waals surface area (Å²) in [6, 6.07) is 11.7. The molecule has 3 aromatic rings. The van der Waals surface area contributed by atoms with Gasteiger partial charge in [0.2, 0.25) is 10.0 Å². The highest BCUT2D eigenvalue weighted by Gasteiger charge is 2.37. The summed E-state index contributed by atoms with van der Waals surface area (Å²) in [5, 5.41) is 0. The molecule has 10 heteroatoms. The third-order valence-electron chi connectivity index (χ3n) is 7.43. The maximum atomic E-state index is 13.7. The fourth-order valence-corrected chi connectivity index (χ4v) is 7.78. The van der Waals surface area contributed by atoms with Crippen LogP contribution in [0.3, 0.4) is 0 Å². The number of pyridine rings is 1. The van der Waals surface area contributed by atoms with E-state index in [2.05, 4.69) is 20.9 Å². The van der Waals surface area contributed by atoms with E-state index in [0.29, 0.717) is 34.4 Å². The summed E-state index contributed by atoms with van der Waals surface area (Å²) in [7, 11) is -2.11. The Morgan fingerprint density at radius 2 is 1.74 bits per heavy atom. The Kier molecular flexibility index (Phi) is 7.80. The molecule has 0 N–H and O–H groups in total. The number of anilines is 1. The lowest BCUT2D eigenvalue weighted by Gasteiger charge is -2.27. The van der Waals surface area contributed by atoms with Crippen LogP contribution in [0.2, 0.25) is 0 Å². The minimum absolute atomic E-state index is 0.203. The number of hydrogen-bond donors (Lipinski definition) is 0. The van der Waals surface area contributed by atoms with Crippen LogP contribution in [0.15, 0.2) is 53.7 Å². The van der Waals surface area contributed by atoms with E-state index < -0.39 is 10.0 Å². The summed E-state index contributed by atoms with van der Waals surface area (Å²) >= 11 is 0. The van der Waals surface area contributed by atoms with Gasteiger partial charge in [-0.15, -0.1) is 0 Å². The van der Waals surface area contributed by atoms with Gasteiger partial charge in [-0.2, -0.15) is 9.29 Å². The molecule has 0 bridgehead atoms. The number of hydrogen-bond acceptors (Lipinski definition) is 8. The highest BCUT2D eigenvalue weighted by atomic mass is 32.2. The number of ether oxygens (including phenoxy) is 2. The molecule has 2 saturated heterocycles. The van der Waals surface area contributed by atoms with Crippen LogP contribution >= 0.6 is 0 Å². The Morgan fingerprint density at radius 1 is 0.974 bits per heavy atom. The normalized spacial score (nSPS) is 20.1. The number of nitrogens with zero attached hydrogens (tertiary/aromatic N) is 5. The quantitative estimate of drug-likeness (QED) is 0.405. The molecular weight excluding hydrogens is 502 g/mol. The lowest BCUT2D eigenvalue weighted by molar-refractivity contribution is 0.218. The third kappa shape index (κ3) is 5.47. The van der Waals surface area contributed by atoms with E-state index >= 15 is 0 Å². The molecule has 5 rings (SSSR count). The number of sulfonamides is 1. The Hall–Kier alpha value is -3.24. The molecule has 2 fully saturated rings. The van der Waals surface area contributed by atoms with Crippen molar-refractivity contribution in [1.82, 2.24) is 19.3 Å². The highest BCUT2D eigenvalue weighted by molar-refractivity contribution is 7.89. The molecule has 0 spiro atoms. The maximum Gasteiger partial charge on any atom is 0.318 e. The topological polar surface area (TPSA) is 97.8 Å². The molecule has 1 unspecified atom stereocenters. The fourth-order valence-electron chi connectivity index (χ4n) is 5.69.